The zero-order valence-corrected chi connectivity index (χ0v) is 9.76. The molecule has 1 aromatic rings. The summed E-state index contributed by atoms with van der Waals surface area (Å²) in [6, 6.07) is 4.42. The Bertz CT molecular complexity index is 416. The minimum atomic E-state index is -3.25. The van der Waals surface area contributed by atoms with Crippen molar-refractivity contribution in [2.24, 2.45) is 0 Å². The van der Waals surface area contributed by atoms with Gasteiger partial charge in [-0.3, -0.25) is 4.72 Å². The van der Waals surface area contributed by atoms with Gasteiger partial charge in [-0.2, -0.15) is 0 Å². The molecule has 1 aromatic carbocycles. The zero-order chi connectivity index (χ0) is 10.1. The summed E-state index contributed by atoms with van der Waals surface area (Å²) in [4.78, 5) is 0. The van der Waals surface area contributed by atoms with Crippen LogP contribution in [0, 0.1) is 3.57 Å². The van der Waals surface area contributed by atoms with Crippen molar-refractivity contribution in [2.45, 2.75) is 0 Å². The fourth-order valence-electron chi connectivity index (χ4n) is 0.787. The highest BCUT2D eigenvalue weighted by Crippen LogP contribution is 2.23. The van der Waals surface area contributed by atoms with Gasteiger partial charge in [0, 0.05) is 3.57 Å². The Labute approximate surface area is 90.2 Å². The van der Waals surface area contributed by atoms with Gasteiger partial charge in [0.25, 0.3) is 0 Å². The van der Waals surface area contributed by atoms with Crippen molar-refractivity contribution in [3.63, 3.8) is 0 Å². The highest BCUT2D eigenvalue weighted by atomic mass is 127. The van der Waals surface area contributed by atoms with E-state index in [2.05, 4.69) is 4.72 Å². The van der Waals surface area contributed by atoms with E-state index in [0.29, 0.717) is 9.26 Å². The number of phenolic OH excluding ortho intramolecular Hbond substituents is 1. The average molecular weight is 313 g/mol. The van der Waals surface area contributed by atoms with E-state index >= 15 is 0 Å². The van der Waals surface area contributed by atoms with E-state index in [4.69, 9.17) is 5.11 Å². The number of halogens is 1. The van der Waals surface area contributed by atoms with E-state index in [1.807, 2.05) is 22.6 Å². The Kier molecular flexibility index (Phi) is 3.01. The van der Waals surface area contributed by atoms with Crippen molar-refractivity contribution in [3.05, 3.63) is 21.8 Å². The van der Waals surface area contributed by atoms with E-state index in [9.17, 15) is 8.42 Å². The number of aromatic hydroxyl groups is 1. The normalized spacial score (nSPS) is 11.2. The highest BCUT2D eigenvalue weighted by molar-refractivity contribution is 14.1. The fraction of sp³-hybridized carbons (Fsp3) is 0.143. The Hall–Kier alpha value is -0.500. The third-order valence-corrected chi connectivity index (χ3v) is 2.73. The molecule has 13 heavy (non-hydrogen) atoms. The molecule has 0 saturated carbocycles. The topological polar surface area (TPSA) is 66.4 Å². The van der Waals surface area contributed by atoms with Gasteiger partial charge in [0.05, 0.1) is 11.9 Å². The maximum atomic E-state index is 10.9. The lowest BCUT2D eigenvalue weighted by molar-refractivity contribution is 0.475. The van der Waals surface area contributed by atoms with Crippen molar-refractivity contribution in [2.75, 3.05) is 11.0 Å². The van der Waals surface area contributed by atoms with Crippen LogP contribution in [0.25, 0.3) is 0 Å². The van der Waals surface area contributed by atoms with Crippen LogP contribution >= 0.6 is 22.6 Å². The molecular formula is C7H8INO3S. The summed E-state index contributed by atoms with van der Waals surface area (Å²) < 4.78 is 24.7. The first-order valence-corrected chi connectivity index (χ1v) is 6.32. The standard InChI is InChI=1S/C7H8INO3S/c1-13(11,12)9-7-3-2-5(10)4-6(7)8/h2-4,9-10H,1H3. The van der Waals surface area contributed by atoms with Crippen LogP contribution in [0.1, 0.15) is 0 Å². The summed E-state index contributed by atoms with van der Waals surface area (Å²) in [7, 11) is -3.25. The number of rotatable bonds is 2. The van der Waals surface area contributed by atoms with Gasteiger partial charge in [-0.1, -0.05) is 0 Å². The molecule has 0 aliphatic carbocycles. The Morgan fingerprint density at radius 2 is 2.08 bits per heavy atom. The number of nitrogens with one attached hydrogen (secondary N) is 1. The van der Waals surface area contributed by atoms with Crippen LogP contribution in [-0.2, 0) is 10.0 Å². The van der Waals surface area contributed by atoms with Gasteiger partial charge in [0.2, 0.25) is 10.0 Å². The number of phenols is 1. The van der Waals surface area contributed by atoms with Crippen LogP contribution in [0.4, 0.5) is 5.69 Å². The molecule has 1 rings (SSSR count). The first-order valence-electron chi connectivity index (χ1n) is 3.35. The molecule has 0 aliphatic heterocycles. The SMILES string of the molecule is CS(=O)(=O)Nc1ccc(O)cc1I. The van der Waals surface area contributed by atoms with E-state index < -0.39 is 10.0 Å². The molecule has 2 N–H and O–H groups in total. The molecule has 4 nitrogen and oxygen atoms in total. The van der Waals surface area contributed by atoms with Crippen LogP contribution < -0.4 is 4.72 Å². The Balaban J connectivity index is 3.04. The number of hydrogen-bond acceptors (Lipinski definition) is 3. The highest BCUT2D eigenvalue weighted by Gasteiger charge is 2.05. The summed E-state index contributed by atoms with van der Waals surface area (Å²) >= 11 is 1.94. The molecule has 0 atom stereocenters. The molecule has 0 saturated heterocycles. The van der Waals surface area contributed by atoms with Gasteiger partial charge in [0.15, 0.2) is 0 Å². The molecule has 0 aliphatic rings. The average Bonchev–Trinajstić information content (AvgIpc) is 1.93. The summed E-state index contributed by atoms with van der Waals surface area (Å²) in [6.07, 6.45) is 1.08. The maximum Gasteiger partial charge on any atom is 0.229 e. The first-order chi connectivity index (χ1) is 5.88. The van der Waals surface area contributed by atoms with Crippen molar-refractivity contribution in [3.8, 4) is 5.75 Å². The fourth-order valence-corrected chi connectivity index (χ4v) is 2.18. The lowest BCUT2D eigenvalue weighted by Crippen LogP contribution is -2.10. The molecule has 0 aromatic heterocycles. The predicted molar refractivity (Wildman–Crippen MR) is 59.3 cm³/mol. The molecule has 0 radical (unpaired) electrons. The number of sulfonamides is 1. The zero-order valence-electron chi connectivity index (χ0n) is 6.78. The van der Waals surface area contributed by atoms with E-state index in [1.54, 1.807) is 0 Å². The third-order valence-electron chi connectivity index (χ3n) is 1.25. The molecule has 6 heteroatoms. The van der Waals surface area contributed by atoms with Crippen molar-refractivity contribution in [1.82, 2.24) is 0 Å². The lowest BCUT2D eigenvalue weighted by atomic mass is 10.3. The smallest absolute Gasteiger partial charge is 0.229 e. The minimum absolute atomic E-state index is 0.114. The second-order valence-electron chi connectivity index (χ2n) is 2.54. The minimum Gasteiger partial charge on any atom is -0.508 e. The van der Waals surface area contributed by atoms with Crippen LogP contribution in [-0.4, -0.2) is 19.8 Å². The molecule has 0 amide bonds. The predicted octanol–water partition coefficient (Wildman–Crippen LogP) is 1.37. The van der Waals surface area contributed by atoms with E-state index in [0.717, 1.165) is 6.26 Å². The quantitative estimate of drug-likeness (QED) is 0.640. The Morgan fingerprint density at radius 1 is 1.46 bits per heavy atom. The van der Waals surface area contributed by atoms with Crippen molar-refractivity contribution < 1.29 is 13.5 Å². The van der Waals surface area contributed by atoms with Crippen LogP contribution in [0.5, 0.6) is 5.75 Å². The lowest BCUT2D eigenvalue weighted by Gasteiger charge is -2.05. The van der Waals surface area contributed by atoms with Gasteiger partial charge in [-0.25, -0.2) is 8.42 Å². The van der Waals surface area contributed by atoms with Crippen molar-refractivity contribution >= 4 is 38.3 Å². The number of hydrogen-bond donors (Lipinski definition) is 2. The van der Waals surface area contributed by atoms with E-state index in [1.165, 1.54) is 18.2 Å². The molecule has 0 spiro atoms. The van der Waals surface area contributed by atoms with E-state index in [-0.39, 0.29) is 5.75 Å². The van der Waals surface area contributed by atoms with Gasteiger partial charge in [-0.15, -0.1) is 0 Å². The van der Waals surface area contributed by atoms with Gasteiger partial charge in [0.1, 0.15) is 5.75 Å². The first kappa shape index (κ1) is 10.6. The summed E-state index contributed by atoms with van der Waals surface area (Å²) in [5, 5.41) is 9.05. The maximum absolute atomic E-state index is 10.9. The second kappa shape index (κ2) is 3.70. The van der Waals surface area contributed by atoms with Gasteiger partial charge in [-0.05, 0) is 40.8 Å². The molecule has 0 fully saturated rings. The molecular weight excluding hydrogens is 305 g/mol. The third kappa shape index (κ3) is 3.39. The molecule has 0 bridgehead atoms. The largest absolute Gasteiger partial charge is 0.508 e. The Morgan fingerprint density at radius 3 is 2.54 bits per heavy atom. The number of anilines is 1. The molecule has 72 valence electrons. The molecule has 0 unspecified atom stereocenters. The summed E-state index contributed by atoms with van der Waals surface area (Å²) in [6.45, 7) is 0. The van der Waals surface area contributed by atoms with Gasteiger partial charge >= 0.3 is 0 Å². The van der Waals surface area contributed by atoms with Crippen LogP contribution in [0.3, 0.4) is 0 Å². The monoisotopic (exact) mass is 313 g/mol. The molecule has 0 heterocycles. The van der Waals surface area contributed by atoms with Gasteiger partial charge < -0.3 is 5.11 Å². The van der Waals surface area contributed by atoms with Crippen LogP contribution in [0.15, 0.2) is 18.2 Å². The summed E-state index contributed by atoms with van der Waals surface area (Å²) in [5.41, 5.74) is 0.473. The second-order valence-corrected chi connectivity index (χ2v) is 5.45. The van der Waals surface area contributed by atoms with Crippen molar-refractivity contribution in [1.29, 1.82) is 0 Å². The summed E-state index contributed by atoms with van der Waals surface area (Å²) in [5.74, 6) is 0.114. The number of benzene rings is 1. The van der Waals surface area contributed by atoms with Crippen LogP contribution in [0.2, 0.25) is 0 Å².